The molecule has 1 saturated heterocycles. The van der Waals surface area contributed by atoms with Gasteiger partial charge in [0.25, 0.3) is 6.17 Å². The normalized spacial score (nSPS) is 34.2. The number of ether oxygens (including phenoxy) is 1. The zero-order valence-electron chi connectivity index (χ0n) is 6.69. The van der Waals surface area contributed by atoms with E-state index in [1.54, 1.807) is 18.3 Å². The third-order valence-electron chi connectivity index (χ3n) is 1.95. The molecular formula is C6H11N5O+. The van der Waals surface area contributed by atoms with E-state index in [0.717, 1.165) is 5.82 Å². The van der Waals surface area contributed by atoms with Crippen LogP contribution in [0, 0.1) is 0 Å². The molecular weight excluding hydrogens is 158 g/mol. The Morgan fingerprint density at radius 3 is 3.08 bits per heavy atom. The molecule has 12 heavy (non-hydrogen) atoms. The van der Waals surface area contributed by atoms with Gasteiger partial charge in [-0.2, -0.15) is 0 Å². The van der Waals surface area contributed by atoms with Crippen LogP contribution in [0.2, 0.25) is 0 Å². The molecule has 6 heteroatoms. The standard InChI is InChI=1S/C6H11N5O/c1-12-6-4(8)11-5(10-6)3(7)2-9-11/h2,4,6,10H,7-8H2,1H3/q+1. The van der Waals surface area contributed by atoms with E-state index >= 15 is 0 Å². The minimum Gasteiger partial charge on any atom is -0.391 e. The lowest BCUT2D eigenvalue weighted by atomic mass is 10.5. The zero-order valence-corrected chi connectivity index (χ0v) is 6.69. The van der Waals surface area contributed by atoms with Gasteiger partial charge in [-0.15, -0.1) is 0 Å². The Labute approximate surface area is 69.8 Å². The number of rotatable bonds is 1. The Morgan fingerprint density at radius 1 is 1.75 bits per heavy atom. The molecule has 1 radical (unpaired) electrons. The first-order valence-electron chi connectivity index (χ1n) is 3.62. The van der Waals surface area contributed by atoms with E-state index in [4.69, 9.17) is 16.2 Å². The fraction of sp³-hybridized carbons (Fsp3) is 0.500. The number of nitrogens with one attached hydrogen (secondary N) is 1. The second-order valence-electron chi connectivity index (χ2n) is 2.68. The predicted molar refractivity (Wildman–Crippen MR) is 43.7 cm³/mol. The molecule has 0 spiro atoms. The summed E-state index contributed by atoms with van der Waals surface area (Å²) in [4.78, 5) is 0. The van der Waals surface area contributed by atoms with E-state index in [9.17, 15) is 0 Å². The van der Waals surface area contributed by atoms with Gasteiger partial charge >= 0.3 is 5.82 Å². The van der Waals surface area contributed by atoms with Crippen LogP contribution in [0.15, 0.2) is 16.6 Å². The molecule has 2 unspecified atom stereocenters. The van der Waals surface area contributed by atoms with Crippen molar-refractivity contribution in [2.24, 2.45) is 16.6 Å². The summed E-state index contributed by atoms with van der Waals surface area (Å²) in [6.45, 7) is 0. The molecule has 65 valence electrons. The van der Waals surface area contributed by atoms with E-state index < -0.39 is 0 Å². The lowest BCUT2D eigenvalue weighted by molar-refractivity contribution is 0.0695. The highest BCUT2D eigenvalue weighted by Crippen LogP contribution is 2.18. The van der Waals surface area contributed by atoms with E-state index in [1.165, 1.54) is 0 Å². The van der Waals surface area contributed by atoms with Gasteiger partial charge in [-0.25, -0.2) is 0 Å². The van der Waals surface area contributed by atoms with Gasteiger partial charge in [0.15, 0.2) is 0 Å². The minimum absolute atomic E-state index is 0.240. The Morgan fingerprint density at radius 2 is 2.50 bits per heavy atom. The predicted octanol–water partition coefficient (Wildman–Crippen LogP) is -1.89. The summed E-state index contributed by atoms with van der Waals surface area (Å²) in [5.41, 5.74) is 12.0. The second kappa shape index (κ2) is 2.44. The molecule has 0 aliphatic carbocycles. The summed E-state index contributed by atoms with van der Waals surface area (Å²) in [6, 6.07) is 0. The minimum atomic E-state index is -0.303. The van der Waals surface area contributed by atoms with Crippen LogP contribution in [0.1, 0.15) is 0 Å². The van der Waals surface area contributed by atoms with Gasteiger partial charge in [0.05, 0.1) is 0 Å². The summed E-state index contributed by atoms with van der Waals surface area (Å²) < 4.78 is 5.07. The molecule has 5 N–H and O–H groups in total. The molecule has 2 rings (SSSR count). The van der Waals surface area contributed by atoms with Crippen LogP contribution in [0.5, 0.6) is 0 Å². The maximum Gasteiger partial charge on any atom is 0.309 e. The molecule has 0 aromatic heterocycles. The van der Waals surface area contributed by atoms with Gasteiger partial charge in [0.2, 0.25) is 6.23 Å². The van der Waals surface area contributed by atoms with Crippen molar-refractivity contribution in [2.45, 2.75) is 12.4 Å². The lowest BCUT2D eigenvalue weighted by Crippen LogP contribution is -2.44. The average Bonchev–Trinajstić information content (AvgIpc) is 2.55. The number of nitrogens with two attached hydrogens (primary N) is 2. The molecule has 0 aromatic rings. The zero-order chi connectivity index (χ0) is 8.72. The third kappa shape index (κ3) is 0.826. The lowest BCUT2D eigenvalue weighted by Gasteiger charge is -2.06. The van der Waals surface area contributed by atoms with Crippen molar-refractivity contribution in [3.63, 3.8) is 0 Å². The largest absolute Gasteiger partial charge is 0.391 e. The van der Waals surface area contributed by atoms with Gasteiger partial charge in [-0.1, -0.05) is 0 Å². The van der Waals surface area contributed by atoms with Gasteiger partial charge < -0.3 is 15.8 Å². The van der Waals surface area contributed by atoms with Crippen molar-refractivity contribution in [2.75, 3.05) is 7.11 Å². The highest BCUT2D eigenvalue weighted by molar-refractivity contribution is 5.80. The average molecular weight is 169 g/mol. The van der Waals surface area contributed by atoms with E-state index in [0.29, 0.717) is 5.70 Å². The van der Waals surface area contributed by atoms with Crippen molar-refractivity contribution in [3.8, 4) is 0 Å². The summed E-state index contributed by atoms with van der Waals surface area (Å²) in [5, 5.41) is 8.62. The van der Waals surface area contributed by atoms with Crippen LogP contribution in [0.3, 0.4) is 0 Å². The fourth-order valence-electron chi connectivity index (χ4n) is 1.30. The number of hydrazone groups is 1. The van der Waals surface area contributed by atoms with Crippen molar-refractivity contribution < 1.29 is 4.74 Å². The van der Waals surface area contributed by atoms with Crippen LogP contribution >= 0.6 is 0 Å². The third-order valence-corrected chi connectivity index (χ3v) is 1.95. The number of hydrogen-bond acceptors (Lipinski definition) is 6. The molecule has 2 heterocycles. The van der Waals surface area contributed by atoms with Crippen LogP contribution in [-0.2, 0) is 4.74 Å². The quantitative estimate of drug-likeness (QED) is 0.400. The maximum atomic E-state index is 5.77. The number of methoxy groups -OCH3 is 1. The van der Waals surface area contributed by atoms with E-state index in [2.05, 4.69) is 10.4 Å². The first-order chi connectivity index (χ1) is 5.74. The molecule has 1 fully saturated rings. The Bertz CT molecular complexity index is 261. The number of fused-ring (bicyclic) bond motifs is 1. The topological polar surface area (TPSA) is 91.6 Å². The molecule has 0 amide bonds. The van der Waals surface area contributed by atoms with Gasteiger partial charge in [0.1, 0.15) is 11.9 Å². The van der Waals surface area contributed by atoms with Crippen LogP contribution in [0.4, 0.5) is 0 Å². The monoisotopic (exact) mass is 169 g/mol. The summed E-state index contributed by atoms with van der Waals surface area (Å²) in [7, 11) is 1.58. The summed E-state index contributed by atoms with van der Waals surface area (Å²) >= 11 is 0. The fourth-order valence-corrected chi connectivity index (χ4v) is 1.30. The molecule has 2 aliphatic rings. The highest BCUT2D eigenvalue weighted by Gasteiger charge is 2.49. The van der Waals surface area contributed by atoms with E-state index in [-0.39, 0.29) is 12.4 Å². The van der Waals surface area contributed by atoms with Gasteiger partial charge in [-0.3, -0.25) is 5.73 Å². The Hall–Kier alpha value is -1.11. The van der Waals surface area contributed by atoms with Crippen LogP contribution in [-0.4, -0.2) is 25.7 Å². The Balaban J connectivity index is 2.25. The van der Waals surface area contributed by atoms with Crippen molar-refractivity contribution in [1.29, 1.82) is 0 Å². The molecule has 2 aliphatic heterocycles. The first kappa shape index (κ1) is 7.53. The maximum absolute atomic E-state index is 5.77. The van der Waals surface area contributed by atoms with Crippen molar-refractivity contribution in [1.82, 2.24) is 10.3 Å². The van der Waals surface area contributed by atoms with Crippen LogP contribution < -0.4 is 21.8 Å². The molecule has 0 saturated carbocycles. The molecule has 6 nitrogen and oxygen atoms in total. The SMILES string of the molecule is COC1NC2=C(N)C=N[N+]2C1N. The summed E-state index contributed by atoms with van der Waals surface area (Å²) in [6.07, 6.45) is 1.02. The van der Waals surface area contributed by atoms with Gasteiger partial charge in [-0.05, 0) is 5.10 Å². The number of hydrogen-bond donors (Lipinski definition) is 3. The van der Waals surface area contributed by atoms with Crippen molar-refractivity contribution in [3.05, 3.63) is 11.5 Å². The van der Waals surface area contributed by atoms with E-state index in [1.807, 2.05) is 0 Å². The summed E-state index contributed by atoms with van der Waals surface area (Å²) in [5.74, 6) is 0.731. The Kier molecular flexibility index (Phi) is 1.53. The number of nitrogens with zero attached hydrogens (tertiary/aromatic N) is 2. The highest BCUT2D eigenvalue weighted by atomic mass is 16.5. The van der Waals surface area contributed by atoms with Gasteiger partial charge in [0, 0.05) is 12.1 Å². The molecule has 2 atom stereocenters. The molecule has 0 bridgehead atoms. The first-order valence-corrected chi connectivity index (χ1v) is 3.62. The van der Waals surface area contributed by atoms with Crippen molar-refractivity contribution >= 4 is 6.21 Å². The number of allylic oxidation sites excluding steroid dienone is 1. The smallest absolute Gasteiger partial charge is 0.309 e. The van der Waals surface area contributed by atoms with Crippen LogP contribution in [0.25, 0.3) is 0 Å². The second-order valence-corrected chi connectivity index (χ2v) is 2.68. The molecule has 0 aromatic carbocycles.